The summed E-state index contributed by atoms with van der Waals surface area (Å²) in [6.45, 7) is 4.94. The van der Waals surface area contributed by atoms with E-state index in [0.717, 1.165) is 0 Å². The summed E-state index contributed by atoms with van der Waals surface area (Å²) in [5.41, 5.74) is 1.47. The number of carbonyl (C=O) groups excluding carboxylic acids is 2. The Morgan fingerprint density at radius 2 is 1.84 bits per heavy atom. The molecule has 11 heteroatoms. The number of benzene rings is 2. The predicted octanol–water partition coefficient (Wildman–Crippen LogP) is 3.71. The SMILES string of the molecule is CCN(CC)C(=O)c1ccc(NC(=O)c2cc(Cl)c(-n3cnnn3)cc2OC)cc1Cl. The van der Waals surface area contributed by atoms with E-state index in [1.54, 1.807) is 23.1 Å². The second kappa shape index (κ2) is 9.76. The molecule has 0 aliphatic rings. The molecule has 1 N–H and O–H groups in total. The third-order valence-electron chi connectivity index (χ3n) is 4.62. The Bertz CT molecular complexity index is 1100. The molecule has 0 saturated carbocycles. The number of anilines is 1. The fourth-order valence-electron chi connectivity index (χ4n) is 2.98. The Balaban J connectivity index is 1.85. The first-order valence-electron chi connectivity index (χ1n) is 9.40. The van der Waals surface area contributed by atoms with Crippen molar-refractivity contribution < 1.29 is 14.3 Å². The van der Waals surface area contributed by atoms with Crippen molar-refractivity contribution >= 4 is 40.7 Å². The highest BCUT2D eigenvalue weighted by Crippen LogP contribution is 2.30. The molecule has 2 amide bonds. The maximum Gasteiger partial charge on any atom is 0.259 e. The zero-order valence-corrected chi connectivity index (χ0v) is 18.6. The van der Waals surface area contributed by atoms with Crippen LogP contribution >= 0.6 is 23.2 Å². The van der Waals surface area contributed by atoms with Crippen LogP contribution in [0.1, 0.15) is 34.6 Å². The lowest BCUT2D eigenvalue weighted by Gasteiger charge is -2.19. The molecule has 3 rings (SSSR count). The number of rotatable bonds is 7. The molecular weight excluding hydrogens is 443 g/mol. The second-order valence-corrected chi connectivity index (χ2v) is 7.20. The smallest absolute Gasteiger partial charge is 0.259 e. The fourth-order valence-corrected chi connectivity index (χ4v) is 3.49. The average Bonchev–Trinajstić information content (AvgIpc) is 3.29. The third-order valence-corrected chi connectivity index (χ3v) is 5.23. The Morgan fingerprint density at radius 3 is 2.42 bits per heavy atom. The van der Waals surface area contributed by atoms with Gasteiger partial charge < -0.3 is 15.0 Å². The molecule has 0 aliphatic heterocycles. The van der Waals surface area contributed by atoms with Crippen LogP contribution in [0, 0.1) is 0 Å². The quantitative estimate of drug-likeness (QED) is 0.573. The molecule has 9 nitrogen and oxygen atoms in total. The van der Waals surface area contributed by atoms with Gasteiger partial charge in [-0.3, -0.25) is 9.59 Å². The summed E-state index contributed by atoms with van der Waals surface area (Å²) >= 11 is 12.6. The lowest BCUT2D eigenvalue weighted by Crippen LogP contribution is -2.30. The third kappa shape index (κ3) is 4.78. The van der Waals surface area contributed by atoms with Crippen LogP contribution in [0.2, 0.25) is 10.0 Å². The van der Waals surface area contributed by atoms with Gasteiger partial charge in [-0.2, -0.15) is 4.68 Å². The molecule has 0 radical (unpaired) electrons. The van der Waals surface area contributed by atoms with Gasteiger partial charge in [0.05, 0.1) is 34.0 Å². The Morgan fingerprint density at radius 1 is 1.10 bits per heavy atom. The number of hydrogen-bond acceptors (Lipinski definition) is 6. The van der Waals surface area contributed by atoms with Crippen LogP contribution in [0.5, 0.6) is 5.75 Å². The van der Waals surface area contributed by atoms with Crippen LogP contribution in [0.25, 0.3) is 5.69 Å². The van der Waals surface area contributed by atoms with E-state index >= 15 is 0 Å². The summed E-state index contributed by atoms with van der Waals surface area (Å²) in [6.07, 6.45) is 1.38. The van der Waals surface area contributed by atoms with Crippen molar-refractivity contribution in [3.8, 4) is 11.4 Å². The van der Waals surface area contributed by atoms with Gasteiger partial charge in [0.25, 0.3) is 11.8 Å². The van der Waals surface area contributed by atoms with E-state index in [4.69, 9.17) is 27.9 Å². The van der Waals surface area contributed by atoms with Crippen LogP contribution in [-0.2, 0) is 0 Å². The van der Waals surface area contributed by atoms with Crippen LogP contribution in [0.3, 0.4) is 0 Å². The van der Waals surface area contributed by atoms with E-state index in [1.165, 1.54) is 30.3 Å². The van der Waals surface area contributed by atoms with Crippen molar-refractivity contribution in [1.82, 2.24) is 25.1 Å². The van der Waals surface area contributed by atoms with Gasteiger partial charge in [-0.15, -0.1) is 5.10 Å². The number of halogens is 2. The fraction of sp³-hybridized carbons (Fsp3) is 0.250. The molecule has 0 unspecified atom stereocenters. The summed E-state index contributed by atoms with van der Waals surface area (Å²) in [4.78, 5) is 27.1. The van der Waals surface area contributed by atoms with Crippen LogP contribution < -0.4 is 10.1 Å². The minimum absolute atomic E-state index is 0.167. The van der Waals surface area contributed by atoms with Gasteiger partial charge in [0.2, 0.25) is 0 Å². The zero-order chi connectivity index (χ0) is 22.5. The first-order chi connectivity index (χ1) is 14.9. The normalized spacial score (nSPS) is 10.6. The Labute approximate surface area is 188 Å². The van der Waals surface area contributed by atoms with Gasteiger partial charge in [-0.05, 0) is 48.5 Å². The van der Waals surface area contributed by atoms with Crippen LogP contribution in [-0.4, -0.2) is 57.1 Å². The molecule has 0 saturated heterocycles. The Kier molecular flexibility index (Phi) is 7.09. The standard InChI is InChI=1S/C20H20Cl2N6O3/c1-4-27(5-2)20(30)13-7-6-12(8-15(13)21)24-19(29)14-9-16(22)17(10-18(14)31-3)28-11-23-25-26-28/h6-11H,4-5H2,1-3H3,(H,24,29). The molecule has 162 valence electrons. The number of hydrogen-bond donors (Lipinski definition) is 1. The minimum Gasteiger partial charge on any atom is -0.496 e. The molecule has 1 heterocycles. The van der Waals surface area contributed by atoms with Crippen molar-refractivity contribution in [2.45, 2.75) is 13.8 Å². The van der Waals surface area contributed by atoms with Gasteiger partial charge in [0.1, 0.15) is 12.1 Å². The van der Waals surface area contributed by atoms with Crippen molar-refractivity contribution in [3.63, 3.8) is 0 Å². The number of methoxy groups -OCH3 is 1. The van der Waals surface area contributed by atoms with E-state index < -0.39 is 5.91 Å². The molecule has 2 aromatic carbocycles. The number of tetrazole rings is 1. The topological polar surface area (TPSA) is 102 Å². The number of carbonyl (C=O) groups is 2. The van der Waals surface area contributed by atoms with Gasteiger partial charge in [-0.25, -0.2) is 0 Å². The highest BCUT2D eigenvalue weighted by Gasteiger charge is 2.20. The van der Waals surface area contributed by atoms with Gasteiger partial charge in [-0.1, -0.05) is 23.2 Å². The molecule has 1 aromatic heterocycles. The van der Waals surface area contributed by atoms with Gasteiger partial charge >= 0.3 is 0 Å². The molecule has 31 heavy (non-hydrogen) atoms. The molecule has 0 fully saturated rings. The average molecular weight is 463 g/mol. The number of aromatic nitrogens is 4. The van der Waals surface area contributed by atoms with Gasteiger partial charge in [0.15, 0.2) is 0 Å². The summed E-state index contributed by atoms with van der Waals surface area (Å²) < 4.78 is 6.70. The highest BCUT2D eigenvalue weighted by molar-refractivity contribution is 6.34. The molecule has 0 spiro atoms. The highest BCUT2D eigenvalue weighted by atomic mass is 35.5. The zero-order valence-electron chi connectivity index (χ0n) is 17.1. The largest absolute Gasteiger partial charge is 0.496 e. The summed E-state index contributed by atoms with van der Waals surface area (Å²) in [7, 11) is 1.44. The predicted molar refractivity (Wildman–Crippen MR) is 117 cm³/mol. The summed E-state index contributed by atoms with van der Waals surface area (Å²) in [6, 6.07) is 7.76. The van der Waals surface area contributed by atoms with E-state index in [1.807, 2.05) is 13.8 Å². The van der Waals surface area contributed by atoms with Crippen molar-refractivity contribution in [2.75, 3.05) is 25.5 Å². The lowest BCUT2D eigenvalue weighted by molar-refractivity contribution is 0.0773. The van der Waals surface area contributed by atoms with E-state index in [0.29, 0.717) is 30.0 Å². The van der Waals surface area contributed by atoms with Crippen molar-refractivity contribution in [3.05, 3.63) is 57.8 Å². The number of ether oxygens (including phenoxy) is 1. The lowest BCUT2D eigenvalue weighted by atomic mass is 10.1. The molecular formula is C20H20Cl2N6O3. The molecule has 0 atom stereocenters. The number of nitrogens with zero attached hydrogens (tertiary/aromatic N) is 5. The van der Waals surface area contributed by atoms with Crippen molar-refractivity contribution in [2.24, 2.45) is 0 Å². The van der Waals surface area contributed by atoms with E-state index in [2.05, 4.69) is 20.8 Å². The monoisotopic (exact) mass is 462 g/mol. The molecule has 0 bridgehead atoms. The maximum absolute atomic E-state index is 12.9. The van der Waals surface area contributed by atoms with Crippen molar-refractivity contribution in [1.29, 1.82) is 0 Å². The summed E-state index contributed by atoms with van der Waals surface area (Å²) in [5, 5.41) is 14.2. The van der Waals surface area contributed by atoms with Crippen LogP contribution in [0.15, 0.2) is 36.7 Å². The first kappa shape index (κ1) is 22.5. The second-order valence-electron chi connectivity index (χ2n) is 6.38. The summed E-state index contributed by atoms with van der Waals surface area (Å²) in [5.74, 6) is -0.341. The van der Waals surface area contributed by atoms with Crippen LogP contribution in [0.4, 0.5) is 5.69 Å². The molecule has 0 aliphatic carbocycles. The minimum atomic E-state index is -0.457. The van der Waals surface area contributed by atoms with E-state index in [9.17, 15) is 9.59 Å². The Hall–Kier alpha value is -3.17. The number of nitrogens with one attached hydrogen (secondary N) is 1. The molecule has 3 aromatic rings. The van der Waals surface area contributed by atoms with E-state index in [-0.39, 0.29) is 27.3 Å². The maximum atomic E-state index is 12.9. The van der Waals surface area contributed by atoms with Gasteiger partial charge in [0, 0.05) is 24.8 Å². The number of amides is 2. The first-order valence-corrected chi connectivity index (χ1v) is 10.2.